The minimum absolute atomic E-state index is 0.267. The SMILES string of the molecule is CCCCCCCCCCCC/C=C\CCCCCCCCC(O)C(=O)NC(CS(=O)(=O)O)C(O)/C=C/CC/C=C/CCCCCCCCCCCCC. The second-order valence-corrected chi connectivity index (χ2v) is 17.3. The van der Waals surface area contributed by atoms with Crippen molar-refractivity contribution in [2.75, 3.05) is 5.75 Å². The van der Waals surface area contributed by atoms with Crippen molar-refractivity contribution < 1.29 is 28.0 Å². The topological polar surface area (TPSA) is 124 Å². The predicted octanol–water partition coefficient (Wildman–Crippen LogP) is 12.7. The molecule has 0 aliphatic heterocycles. The summed E-state index contributed by atoms with van der Waals surface area (Å²) in [5, 5.41) is 23.4. The van der Waals surface area contributed by atoms with Crippen LogP contribution in [0.5, 0.6) is 0 Å². The summed E-state index contributed by atoms with van der Waals surface area (Å²) in [5.74, 6) is -1.56. The lowest BCUT2D eigenvalue weighted by molar-refractivity contribution is -0.130. The van der Waals surface area contributed by atoms with Gasteiger partial charge in [-0.05, 0) is 57.8 Å². The molecule has 0 bridgehead atoms. The average molecular weight is 782 g/mol. The maximum absolute atomic E-state index is 12.6. The van der Waals surface area contributed by atoms with E-state index < -0.39 is 40.0 Å². The summed E-state index contributed by atoms with van der Waals surface area (Å²) in [6.45, 7) is 4.52. The van der Waals surface area contributed by atoms with E-state index in [1.807, 2.05) is 0 Å². The number of amides is 1. The fourth-order valence-corrected chi connectivity index (χ4v) is 7.61. The van der Waals surface area contributed by atoms with E-state index in [0.29, 0.717) is 12.8 Å². The molecule has 0 aromatic heterocycles. The summed E-state index contributed by atoms with van der Waals surface area (Å²) in [4.78, 5) is 12.6. The Hall–Kier alpha value is -1.48. The zero-order valence-corrected chi connectivity index (χ0v) is 36.0. The van der Waals surface area contributed by atoms with Gasteiger partial charge in [-0.3, -0.25) is 9.35 Å². The molecule has 0 heterocycles. The average Bonchev–Trinajstić information content (AvgIpc) is 3.14. The van der Waals surface area contributed by atoms with Crippen LogP contribution in [0.2, 0.25) is 0 Å². The number of unbranched alkanes of at least 4 members (excludes halogenated alkanes) is 28. The second kappa shape index (κ2) is 39.7. The standard InChI is InChI=1S/C46H87NO6S/c1-3-5-7-9-11-13-15-17-19-21-22-23-25-27-29-31-33-35-37-39-41-45(49)46(50)47-43(42-54(51,52)53)44(48)40-38-36-34-32-30-28-26-24-20-18-16-14-12-10-8-6-4-2/h23,25,30,32,38,40,43-45,48-49H,3-22,24,26-29,31,33-37,39,41-42H2,1-2H3,(H,47,50)(H,51,52,53)/b25-23-,32-30+,40-38+. The first-order valence-corrected chi connectivity index (χ1v) is 24.4. The highest BCUT2D eigenvalue weighted by molar-refractivity contribution is 7.85. The van der Waals surface area contributed by atoms with Gasteiger partial charge in [-0.15, -0.1) is 0 Å². The quantitative estimate of drug-likeness (QED) is 0.0278. The third-order valence-electron chi connectivity index (χ3n) is 10.4. The van der Waals surface area contributed by atoms with Gasteiger partial charge in [0.1, 0.15) is 6.10 Å². The van der Waals surface area contributed by atoms with Crippen molar-refractivity contribution in [3.8, 4) is 0 Å². The first-order valence-electron chi connectivity index (χ1n) is 22.8. The van der Waals surface area contributed by atoms with Crippen LogP contribution < -0.4 is 5.32 Å². The van der Waals surface area contributed by atoms with Crippen molar-refractivity contribution in [1.29, 1.82) is 0 Å². The van der Waals surface area contributed by atoms with Crippen LogP contribution in [0.1, 0.15) is 226 Å². The van der Waals surface area contributed by atoms with Crippen LogP contribution in [0.3, 0.4) is 0 Å². The minimum atomic E-state index is -4.45. The number of carbonyl (C=O) groups excluding carboxylic acids is 1. The van der Waals surface area contributed by atoms with E-state index in [1.165, 1.54) is 160 Å². The zero-order valence-electron chi connectivity index (χ0n) is 35.2. The van der Waals surface area contributed by atoms with Gasteiger partial charge in [0.25, 0.3) is 10.1 Å². The summed E-state index contributed by atoms with van der Waals surface area (Å²) < 4.78 is 32.6. The normalized spacial score (nSPS) is 14.1. The summed E-state index contributed by atoms with van der Waals surface area (Å²) in [6, 6.07) is -1.25. The lowest BCUT2D eigenvalue weighted by atomic mass is 10.0. The molecular formula is C46H87NO6S. The van der Waals surface area contributed by atoms with Crippen LogP contribution in [0.15, 0.2) is 36.5 Å². The van der Waals surface area contributed by atoms with Crippen LogP contribution in [0.25, 0.3) is 0 Å². The highest BCUT2D eigenvalue weighted by atomic mass is 32.2. The van der Waals surface area contributed by atoms with Gasteiger partial charge >= 0.3 is 0 Å². The van der Waals surface area contributed by atoms with E-state index in [0.717, 1.165) is 38.5 Å². The van der Waals surface area contributed by atoms with Crippen molar-refractivity contribution in [2.24, 2.45) is 0 Å². The number of aliphatic hydroxyl groups is 2. The van der Waals surface area contributed by atoms with Gasteiger partial charge in [-0.2, -0.15) is 8.42 Å². The molecule has 0 aromatic carbocycles. The molecule has 0 aliphatic rings. The molecule has 0 radical (unpaired) electrons. The van der Waals surface area contributed by atoms with E-state index in [-0.39, 0.29) is 6.42 Å². The van der Waals surface area contributed by atoms with Crippen LogP contribution in [0.4, 0.5) is 0 Å². The monoisotopic (exact) mass is 782 g/mol. The Morgan fingerprint density at radius 2 is 0.833 bits per heavy atom. The van der Waals surface area contributed by atoms with Gasteiger partial charge in [0, 0.05) is 0 Å². The van der Waals surface area contributed by atoms with Gasteiger partial charge in [0.15, 0.2) is 0 Å². The van der Waals surface area contributed by atoms with Crippen LogP contribution in [0, 0.1) is 0 Å². The van der Waals surface area contributed by atoms with Gasteiger partial charge in [0.2, 0.25) is 5.91 Å². The van der Waals surface area contributed by atoms with Crippen molar-refractivity contribution in [3.05, 3.63) is 36.5 Å². The van der Waals surface area contributed by atoms with E-state index in [9.17, 15) is 28.0 Å². The molecule has 1 amide bonds. The number of allylic oxidation sites excluding steroid dienone is 5. The number of nitrogens with one attached hydrogen (secondary N) is 1. The minimum Gasteiger partial charge on any atom is -0.387 e. The Bertz CT molecular complexity index is 1010. The summed E-state index contributed by atoms with van der Waals surface area (Å²) in [6.07, 6.45) is 49.2. The molecule has 0 saturated heterocycles. The highest BCUT2D eigenvalue weighted by Gasteiger charge is 2.27. The zero-order chi connectivity index (χ0) is 39.8. The number of aliphatic hydroxyl groups excluding tert-OH is 2. The molecule has 0 aromatic rings. The van der Waals surface area contributed by atoms with Gasteiger partial charge in [-0.1, -0.05) is 204 Å². The molecule has 0 fully saturated rings. The smallest absolute Gasteiger partial charge is 0.267 e. The van der Waals surface area contributed by atoms with Gasteiger partial charge in [-0.25, -0.2) is 0 Å². The lowest BCUT2D eigenvalue weighted by Crippen LogP contribution is -2.50. The maximum Gasteiger partial charge on any atom is 0.267 e. The van der Waals surface area contributed by atoms with E-state index in [2.05, 4.69) is 43.5 Å². The molecule has 3 atom stereocenters. The Labute approximate surface area is 334 Å². The fourth-order valence-electron chi connectivity index (χ4n) is 6.88. The van der Waals surface area contributed by atoms with E-state index in [4.69, 9.17) is 0 Å². The van der Waals surface area contributed by atoms with Gasteiger partial charge < -0.3 is 15.5 Å². The van der Waals surface area contributed by atoms with Crippen molar-refractivity contribution >= 4 is 16.0 Å². The highest BCUT2D eigenvalue weighted by Crippen LogP contribution is 2.15. The molecule has 7 nitrogen and oxygen atoms in total. The fraction of sp³-hybridized carbons (Fsp3) is 0.848. The Balaban J connectivity index is 4.02. The number of hydrogen-bond acceptors (Lipinski definition) is 5. The number of hydrogen-bond donors (Lipinski definition) is 4. The molecule has 318 valence electrons. The largest absolute Gasteiger partial charge is 0.387 e. The van der Waals surface area contributed by atoms with E-state index >= 15 is 0 Å². The first kappa shape index (κ1) is 52.5. The van der Waals surface area contributed by atoms with E-state index in [1.54, 1.807) is 6.08 Å². The summed E-state index contributed by atoms with van der Waals surface area (Å²) in [7, 11) is -4.45. The predicted molar refractivity (Wildman–Crippen MR) is 231 cm³/mol. The van der Waals surface area contributed by atoms with Crippen LogP contribution in [-0.2, 0) is 14.9 Å². The molecule has 0 saturated carbocycles. The molecule has 0 rings (SSSR count). The molecule has 0 spiro atoms. The maximum atomic E-state index is 12.6. The third kappa shape index (κ3) is 38.8. The Kier molecular flexibility index (Phi) is 38.7. The number of carbonyl (C=O) groups is 1. The molecular weight excluding hydrogens is 695 g/mol. The van der Waals surface area contributed by atoms with Crippen molar-refractivity contribution in [2.45, 2.75) is 244 Å². The van der Waals surface area contributed by atoms with Crippen molar-refractivity contribution in [3.63, 3.8) is 0 Å². The Morgan fingerprint density at radius 3 is 1.22 bits per heavy atom. The summed E-state index contributed by atoms with van der Waals surface area (Å²) in [5.41, 5.74) is 0. The van der Waals surface area contributed by atoms with Crippen LogP contribution >= 0.6 is 0 Å². The second-order valence-electron chi connectivity index (χ2n) is 15.8. The molecule has 3 unspecified atom stereocenters. The lowest BCUT2D eigenvalue weighted by Gasteiger charge is -2.22. The molecule has 0 aliphatic carbocycles. The van der Waals surface area contributed by atoms with Crippen LogP contribution in [-0.4, -0.2) is 53.1 Å². The molecule has 54 heavy (non-hydrogen) atoms. The summed E-state index contributed by atoms with van der Waals surface area (Å²) >= 11 is 0. The Morgan fingerprint density at radius 1 is 0.500 bits per heavy atom. The van der Waals surface area contributed by atoms with Gasteiger partial charge in [0.05, 0.1) is 17.9 Å². The number of rotatable bonds is 41. The molecule has 8 heteroatoms. The first-order chi connectivity index (χ1) is 26.2. The third-order valence-corrected chi connectivity index (χ3v) is 11.2. The van der Waals surface area contributed by atoms with Crippen molar-refractivity contribution in [1.82, 2.24) is 5.32 Å². The molecule has 4 N–H and O–H groups in total.